The maximum absolute atomic E-state index is 13.3. The third-order valence-corrected chi connectivity index (χ3v) is 4.73. The summed E-state index contributed by atoms with van der Waals surface area (Å²) in [5.74, 6) is -5.59. The summed E-state index contributed by atoms with van der Waals surface area (Å²) in [5.41, 5.74) is -2.19. The molecule has 0 aromatic heterocycles. The van der Waals surface area contributed by atoms with E-state index in [-0.39, 0.29) is 6.42 Å². The molecule has 0 amide bonds. The molecule has 1 fully saturated rings. The summed E-state index contributed by atoms with van der Waals surface area (Å²) >= 11 is 0. The highest BCUT2D eigenvalue weighted by Gasteiger charge is 2.68. The van der Waals surface area contributed by atoms with Gasteiger partial charge < -0.3 is 28.4 Å². The first-order valence-electron chi connectivity index (χ1n) is 10.4. The first-order valence-corrected chi connectivity index (χ1v) is 10.4. The third kappa shape index (κ3) is 7.39. The Bertz CT molecular complexity index is 766. The summed E-state index contributed by atoms with van der Waals surface area (Å²) in [7, 11) is 0. The number of carbonyl (C=O) groups excluding carboxylic acids is 6. The first-order chi connectivity index (χ1) is 15.7. The summed E-state index contributed by atoms with van der Waals surface area (Å²) in [6.45, 7) is 5.08. The van der Waals surface area contributed by atoms with Crippen LogP contribution in [0.1, 0.15) is 54.4 Å². The lowest BCUT2D eigenvalue weighted by atomic mass is 9.71. The minimum absolute atomic E-state index is 0.291. The number of ether oxygens (including phenoxy) is 6. The van der Waals surface area contributed by atoms with Crippen LogP contribution in [-0.4, -0.2) is 78.6 Å². The number of esters is 6. The molecule has 13 heteroatoms. The molecule has 5 unspecified atom stereocenters. The predicted octanol–water partition coefficient (Wildman–Crippen LogP) is 0.710. The lowest BCUT2D eigenvalue weighted by Gasteiger charge is -2.53. The standard InChI is InChI=1S/C21H29FO12/c1-10(23)29-16-17(30-11(2)24)19(32-13(4)26)21(8-7-9-22,34-15(6)28)20(33-14(5)27)18(16)31-12(3)25/h16-20H,7-9H2,1-6H3/t16?,17?,18?,19-,20?,21?/m0/s1. The summed E-state index contributed by atoms with van der Waals surface area (Å²) in [6, 6.07) is 0. The Labute approximate surface area is 195 Å². The SMILES string of the molecule is CC(=O)OC1C(OC(C)=O)C(OC(C)=O)C(CCCF)(OC(C)=O)[C@@H](OC(C)=O)C1OC(C)=O. The smallest absolute Gasteiger partial charge is 0.303 e. The van der Waals surface area contributed by atoms with Crippen LogP contribution in [0.25, 0.3) is 0 Å². The van der Waals surface area contributed by atoms with Crippen molar-refractivity contribution in [3.05, 3.63) is 0 Å². The van der Waals surface area contributed by atoms with Gasteiger partial charge in [0.05, 0.1) is 6.67 Å². The molecule has 0 N–H and O–H groups in total. The fourth-order valence-electron chi connectivity index (χ4n) is 3.97. The third-order valence-electron chi connectivity index (χ3n) is 4.73. The van der Waals surface area contributed by atoms with Gasteiger partial charge in [0.2, 0.25) is 0 Å². The van der Waals surface area contributed by atoms with Crippen LogP contribution in [-0.2, 0) is 57.2 Å². The maximum Gasteiger partial charge on any atom is 0.303 e. The Hall–Kier alpha value is -3.25. The van der Waals surface area contributed by atoms with E-state index >= 15 is 0 Å². The van der Waals surface area contributed by atoms with Crippen molar-refractivity contribution in [3.63, 3.8) is 0 Å². The molecule has 0 aromatic rings. The molecule has 1 aliphatic carbocycles. The van der Waals surface area contributed by atoms with E-state index in [1.807, 2.05) is 0 Å². The van der Waals surface area contributed by atoms with Gasteiger partial charge in [0.15, 0.2) is 36.1 Å². The van der Waals surface area contributed by atoms with Crippen LogP contribution in [0.4, 0.5) is 4.39 Å². The highest BCUT2D eigenvalue weighted by molar-refractivity contribution is 5.71. The van der Waals surface area contributed by atoms with Crippen molar-refractivity contribution in [2.45, 2.75) is 90.5 Å². The Morgan fingerprint density at radius 1 is 0.588 bits per heavy atom. The largest absolute Gasteiger partial charge is 0.454 e. The molecule has 1 rings (SSSR count). The fourth-order valence-corrected chi connectivity index (χ4v) is 3.97. The van der Waals surface area contributed by atoms with E-state index in [0.29, 0.717) is 0 Å². The van der Waals surface area contributed by atoms with Crippen LogP contribution in [0.3, 0.4) is 0 Å². The van der Waals surface area contributed by atoms with Crippen LogP contribution >= 0.6 is 0 Å². The molecule has 0 saturated heterocycles. The Balaban J connectivity index is 4.00. The van der Waals surface area contributed by atoms with E-state index < -0.39 is 85.0 Å². The van der Waals surface area contributed by atoms with Crippen LogP contribution in [0, 0.1) is 0 Å². The molecular formula is C21H29FO12. The highest BCUT2D eigenvalue weighted by atomic mass is 19.1. The van der Waals surface area contributed by atoms with Gasteiger partial charge in [-0.2, -0.15) is 0 Å². The number of alkyl halides is 1. The normalized spacial score (nSPS) is 28.1. The van der Waals surface area contributed by atoms with Crippen LogP contribution < -0.4 is 0 Å². The molecule has 12 nitrogen and oxygen atoms in total. The van der Waals surface area contributed by atoms with Crippen LogP contribution in [0.2, 0.25) is 0 Å². The number of hydrogen-bond acceptors (Lipinski definition) is 12. The predicted molar refractivity (Wildman–Crippen MR) is 107 cm³/mol. The van der Waals surface area contributed by atoms with Crippen LogP contribution in [0.15, 0.2) is 0 Å². The van der Waals surface area contributed by atoms with E-state index in [2.05, 4.69) is 0 Å². The number of hydrogen-bond donors (Lipinski definition) is 0. The molecule has 0 heterocycles. The highest BCUT2D eigenvalue weighted by Crippen LogP contribution is 2.44. The molecular weight excluding hydrogens is 463 g/mol. The quantitative estimate of drug-likeness (QED) is 0.328. The van der Waals surface area contributed by atoms with Crippen molar-refractivity contribution in [1.82, 2.24) is 0 Å². The average Bonchev–Trinajstić information content (AvgIpc) is 2.67. The molecule has 34 heavy (non-hydrogen) atoms. The Morgan fingerprint density at radius 2 is 0.941 bits per heavy atom. The lowest BCUT2D eigenvalue weighted by molar-refractivity contribution is -0.291. The van der Waals surface area contributed by atoms with Gasteiger partial charge in [-0.3, -0.25) is 33.2 Å². The van der Waals surface area contributed by atoms with Crippen molar-refractivity contribution in [2.24, 2.45) is 0 Å². The zero-order valence-corrected chi connectivity index (χ0v) is 19.8. The first kappa shape index (κ1) is 28.8. The minimum Gasteiger partial charge on any atom is -0.454 e. The van der Waals surface area contributed by atoms with E-state index in [9.17, 15) is 33.2 Å². The van der Waals surface area contributed by atoms with Crippen LogP contribution in [0.5, 0.6) is 0 Å². The van der Waals surface area contributed by atoms with Gasteiger partial charge in [-0.1, -0.05) is 0 Å². The topological polar surface area (TPSA) is 158 Å². The van der Waals surface area contributed by atoms with Gasteiger partial charge in [-0.15, -0.1) is 0 Å². The number of rotatable bonds is 9. The van der Waals surface area contributed by atoms with Gasteiger partial charge >= 0.3 is 35.8 Å². The van der Waals surface area contributed by atoms with Gasteiger partial charge in [-0.05, 0) is 12.8 Å². The van der Waals surface area contributed by atoms with Gasteiger partial charge in [0.1, 0.15) is 0 Å². The Morgan fingerprint density at radius 3 is 1.24 bits per heavy atom. The van der Waals surface area contributed by atoms with Crippen molar-refractivity contribution in [2.75, 3.05) is 6.67 Å². The molecule has 6 atom stereocenters. The zero-order chi connectivity index (χ0) is 26.2. The van der Waals surface area contributed by atoms with Gasteiger partial charge in [-0.25, -0.2) is 0 Å². The van der Waals surface area contributed by atoms with Gasteiger partial charge in [0.25, 0.3) is 0 Å². The second kappa shape index (κ2) is 12.3. The van der Waals surface area contributed by atoms with Crippen molar-refractivity contribution in [1.29, 1.82) is 0 Å². The molecule has 0 bridgehead atoms. The minimum atomic E-state index is -2.19. The molecule has 0 radical (unpaired) electrons. The summed E-state index contributed by atoms with van der Waals surface area (Å²) in [4.78, 5) is 72.0. The molecule has 0 spiro atoms. The summed E-state index contributed by atoms with van der Waals surface area (Å²) in [5, 5.41) is 0. The van der Waals surface area contributed by atoms with Gasteiger partial charge in [0, 0.05) is 41.5 Å². The van der Waals surface area contributed by atoms with Crippen molar-refractivity contribution >= 4 is 35.8 Å². The summed E-state index contributed by atoms with van der Waals surface area (Å²) in [6.07, 6.45) is -9.24. The second-order valence-electron chi connectivity index (χ2n) is 7.62. The molecule has 0 aliphatic heterocycles. The molecule has 0 aromatic carbocycles. The monoisotopic (exact) mass is 492 g/mol. The second-order valence-corrected chi connectivity index (χ2v) is 7.62. The maximum atomic E-state index is 13.3. The fraction of sp³-hybridized carbons (Fsp3) is 0.714. The van der Waals surface area contributed by atoms with E-state index in [1.54, 1.807) is 0 Å². The Kier molecular flexibility index (Phi) is 10.4. The van der Waals surface area contributed by atoms with E-state index in [0.717, 1.165) is 41.5 Å². The molecule has 1 saturated carbocycles. The number of carbonyl (C=O) groups is 6. The van der Waals surface area contributed by atoms with Crippen molar-refractivity contribution in [3.8, 4) is 0 Å². The average molecular weight is 492 g/mol. The van der Waals surface area contributed by atoms with E-state index in [1.165, 1.54) is 0 Å². The molecule has 1 aliphatic rings. The molecule has 192 valence electrons. The summed E-state index contributed by atoms with van der Waals surface area (Å²) < 4.78 is 45.4. The van der Waals surface area contributed by atoms with Crippen molar-refractivity contribution < 1.29 is 61.6 Å². The lowest BCUT2D eigenvalue weighted by Crippen LogP contribution is -2.75. The number of halogens is 1. The zero-order valence-electron chi connectivity index (χ0n) is 19.8. The van der Waals surface area contributed by atoms with E-state index in [4.69, 9.17) is 28.4 Å².